The molecular weight excluding hydrogens is 260 g/mol. The van der Waals surface area contributed by atoms with E-state index in [1.165, 1.54) is 21.1 Å². The standard InChI is InChI=1S/C15H14O5/c1-9(17)20-12-6-4-10(8-16)14-11(12)5-7-13(18-2)15(14)19-3/h5-7H,4H2,1-3H3. The summed E-state index contributed by atoms with van der Waals surface area (Å²) >= 11 is 0. The topological polar surface area (TPSA) is 61.8 Å². The van der Waals surface area contributed by atoms with Crippen LogP contribution in [0.15, 0.2) is 18.2 Å². The molecule has 0 fully saturated rings. The van der Waals surface area contributed by atoms with Crippen molar-refractivity contribution in [3.8, 4) is 11.5 Å². The van der Waals surface area contributed by atoms with Gasteiger partial charge in [0.25, 0.3) is 0 Å². The van der Waals surface area contributed by atoms with Crippen molar-refractivity contribution in [1.82, 2.24) is 0 Å². The smallest absolute Gasteiger partial charge is 0.308 e. The van der Waals surface area contributed by atoms with Gasteiger partial charge in [-0.3, -0.25) is 4.79 Å². The maximum absolute atomic E-state index is 11.1. The zero-order valence-electron chi connectivity index (χ0n) is 11.5. The van der Waals surface area contributed by atoms with E-state index in [2.05, 4.69) is 0 Å². The molecule has 20 heavy (non-hydrogen) atoms. The van der Waals surface area contributed by atoms with Gasteiger partial charge in [-0.25, -0.2) is 4.79 Å². The van der Waals surface area contributed by atoms with Crippen LogP contribution in [0.2, 0.25) is 0 Å². The van der Waals surface area contributed by atoms with Crippen LogP contribution >= 0.6 is 0 Å². The summed E-state index contributed by atoms with van der Waals surface area (Å²) in [6, 6.07) is 3.42. The molecule has 0 amide bonds. The first-order valence-electron chi connectivity index (χ1n) is 6.00. The Morgan fingerprint density at radius 3 is 2.55 bits per heavy atom. The Morgan fingerprint density at radius 1 is 1.25 bits per heavy atom. The van der Waals surface area contributed by atoms with Crippen LogP contribution in [0.25, 0.3) is 11.3 Å². The minimum absolute atomic E-state index is 0.322. The molecule has 0 spiro atoms. The molecule has 104 valence electrons. The Morgan fingerprint density at radius 2 is 2.00 bits per heavy atom. The van der Waals surface area contributed by atoms with Crippen molar-refractivity contribution < 1.29 is 23.8 Å². The van der Waals surface area contributed by atoms with Crippen LogP contribution in [-0.2, 0) is 14.3 Å². The molecule has 0 atom stereocenters. The number of ether oxygens (including phenoxy) is 3. The Balaban J connectivity index is 2.68. The predicted octanol–water partition coefficient (Wildman–Crippen LogP) is 2.23. The highest BCUT2D eigenvalue weighted by atomic mass is 16.5. The maximum Gasteiger partial charge on any atom is 0.308 e. The number of esters is 1. The average Bonchev–Trinajstić information content (AvgIpc) is 2.45. The zero-order valence-corrected chi connectivity index (χ0v) is 11.5. The molecule has 1 aliphatic rings. The van der Waals surface area contributed by atoms with Crippen molar-refractivity contribution in [3.05, 3.63) is 29.3 Å². The van der Waals surface area contributed by atoms with Gasteiger partial charge < -0.3 is 14.2 Å². The van der Waals surface area contributed by atoms with E-state index in [0.29, 0.717) is 40.4 Å². The summed E-state index contributed by atoms with van der Waals surface area (Å²) in [5, 5.41) is 0. The fourth-order valence-electron chi connectivity index (χ4n) is 2.18. The lowest BCUT2D eigenvalue weighted by molar-refractivity contribution is -0.134. The lowest BCUT2D eigenvalue weighted by Crippen LogP contribution is -2.08. The molecule has 0 unspecified atom stereocenters. The van der Waals surface area contributed by atoms with E-state index in [0.717, 1.165) is 0 Å². The highest BCUT2D eigenvalue weighted by Crippen LogP contribution is 2.43. The van der Waals surface area contributed by atoms with Crippen LogP contribution in [0.1, 0.15) is 24.5 Å². The van der Waals surface area contributed by atoms with Crippen molar-refractivity contribution in [2.45, 2.75) is 13.3 Å². The number of hydrogen-bond donors (Lipinski definition) is 0. The van der Waals surface area contributed by atoms with E-state index in [4.69, 9.17) is 14.2 Å². The minimum Gasteiger partial charge on any atom is -0.493 e. The van der Waals surface area contributed by atoms with E-state index < -0.39 is 5.97 Å². The molecule has 1 aromatic rings. The average molecular weight is 274 g/mol. The van der Waals surface area contributed by atoms with Gasteiger partial charge in [0, 0.05) is 24.5 Å². The van der Waals surface area contributed by atoms with E-state index >= 15 is 0 Å². The molecule has 0 N–H and O–H groups in total. The largest absolute Gasteiger partial charge is 0.493 e. The minimum atomic E-state index is -0.421. The predicted molar refractivity (Wildman–Crippen MR) is 73.0 cm³/mol. The summed E-state index contributed by atoms with van der Waals surface area (Å²) < 4.78 is 15.7. The lowest BCUT2D eigenvalue weighted by Gasteiger charge is -2.21. The molecular formula is C15H14O5. The van der Waals surface area contributed by atoms with E-state index in [1.54, 1.807) is 18.2 Å². The molecule has 5 nitrogen and oxygen atoms in total. The Hall–Kier alpha value is -2.52. The third-order valence-corrected chi connectivity index (χ3v) is 2.98. The first-order valence-corrected chi connectivity index (χ1v) is 6.00. The number of carbonyl (C=O) groups excluding carboxylic acids is 2. The Labute approximate surface area is 116 Å². The third-order valence-electron chi connectivity index (χ3n) is 2.98. The number of benzene rings is 1. The van der Waals surface area contributed by atoms with Gasteiger partial charge in [0.2, 0.25) is 0 Å². The molecule has 0 radical (unpaired) electrons. The third kappa shape index (κ3) is 2.31. The molecule has 0 heterocycles. The fraction of sp³-hybridized carbons (Fsp3) is 0.267. The van der Waals surface area contributed by atoms with Crippen LogP contribution in [0, 0.1) is 0 Å². The number of carbonyl (C=O) groups is 1. The molecule has 0 aliphatic heterocycles. The second-order valence-corrected chi connectivity index (χ2v) is 4.17. The quantitative estimate of drug-likeness (QED) is 0.624. The van der Waals surface area contributed by atoms with Gasteiger partial charge in [0.1, 0.15) is 11.7 Å². The highest BCUT2D eigenvalue weighted by molar-refractivity contribution is 5.98. The van der Waals surface area contributed by atoms with Crippen molar-refractivity contribution in [1.29, 1.82) is 0 Å². The van der Waals surface area contributed by atoms with Crippen LogP contribution in [0.3, 0.4) is 0 Å². The second-order valence-electron chi connectivity index (χ2n) is 4.17. The van der Waals surface area contributed by atoms with Gasteiger partial charge in [-0.05, 0) is 18.2 Å². The van der Waals surface area contributed by atoms with Gasteiger partial charge in [-0.2, -0.15) is 0 Å². The van der Waals surface area contributed by atoms with Crippen molar-refractivity contribution in [2.75, 3.05) is 14.2 Å². The molecule has 0 saturated carbocycles. The number of fused-ring (bicyclic) bond motifs is 1. The van der Waals surface area contributed by atoms with Gasteiger partial charge >= 0.3 is 5.97 Å². The number of hydrogen-bond acceptors (Lipinski definition) is 5. The van der Waals surface area contributed by atoms with Gasteiger partial charge in [0.15, 0.2) is 11.5 Å². The van der Waals surface area contributed by atoms with Gasteiger partial charge in [-0.15, -0.1) is 0 Å². The Kier molecular flexibility index (Phi) is 3.91. The first-order chi connectivity index (χ1) is 9.62. The summed E-state index contributed by atoms with van der Waals surface area (Å²) in [6.07, 6.45) is 2.00. The fourth-order valence-corrected chi connectivity index (χ4v) is 2.18. The number of methoxy groups -OCH3 is 2. The maximum atomic E-state index is 11.1. The number of rotatable bonds is 3. The van der Waals surface area contributed by atoms with Gasteiger partial charge in [-0.1, -0.05) is 0 Å². The lowest BCUT2D eigenvalue weighted by atomic mass is 9.90. The summed E-state index contributed by atoms with van der Waals surface area (Å²) in [6.45, 7) is 1.33. The van der Waals surface area contributed by atoms with E-state index in [9.17, 15) is 9.59 Å². The van der Waals surface area contributed by atoms with Crippen LogP contribution < -0.4 is 9.47 Å². The molecule has 0 aromatic heterocycles. The van der Waals surface area contributed by atoms with Gasteiger partial charge in [0.05, 0.1) is 19.8 Å². The Bertz CT molecular complexity index is 636. The van der Waals surface area contributed by atoms with Crippen molar-refractivity contribution in [2.24, 2.45) is 0 Å². The van der Waals surface area contributed by atoms with Crippen molar-refractivity contribution >= 4 is 23.2 Å². The second kappa shape index (κ2) is 5.63. The summed E-state index contributed by atoms with van der Waals surface area (Å²) in [7, 11) is 3.00. The van der Waals surface area contributed by atoms with Crippen LogP contribution in [-0.4, -0.2) is 26.1 Å². The molecule has 0 saturated heterocycles. The first kappa shape index (κ1) is 13.9. The molecule has 0 bridgehead atoms. The monoisotopic (exact) mass is 274 g/mol. The zero-order chi connectivity index (χ0) is 14.7. The summed E-state index contributed by atoms with van der Waals surface area (Å²) in [4.78, 5) is 22.3. The van der Waals surface area contributed by atoms with Crippen LogP contribution in [0.4, 0.5) is 0 Å². The van der Waals surface area contributed by atoms with Crippen LogP contribution in [0.5, 0.6) is 11.5 Å². The molecule has 5 heteroatoms. The van der Waals surface area contributed by atoms with Crippen molar-refractivity contribution in [3.63, 3.8) is 0 Å². The molecule has 1 aliphatic carbocycles. The van der Waals surface area contributed by atoms with E-state index in [1.807, 2.05) is 5.94 Å². The molecule has 2 rings (SSSR count). The SMILES string of the molecule is COc1ccc2c(c1OC)C(=C=O)CC=C2OC(C)=O. The summed E-state index contributed by atoms with van der Waals surface area (Å²) in [5.41, 5.74) is 1.61. The number of allylic oxidation sites excluding steroid dienone is 2. The normalized spacial score (nSPS) is 12.9. The molecule has 1 aromatic carbocycles. The highest BCUT2D eigenvalue weighted by Gasteiger charge is 2.25. The van der Waals surface area contributed by atoms with E-state index in [-0.39, 0.29) is 0 Å². The summed E-state index contributed by atoms with van der Waals surface area (Å²) in [5.74, 6) is 2.83.